The first-order valence-electron chi connectivity index (χ1n) is 8.30. The minimum Gasteiger partial charge on any atom is -0.369 e. The van der Waals surface area contributed by atoms with E-state index in [4.69, 9.17) is 0 Å². The third-order valence-electron chi connectivity index (χ3n) is 4.91. The van der Waals surface area contributed by atoms with E-state index in [1.165, 1.54) is 0 Å². The molecule has 0 saturated carbocycles. The Morgan fingerprint density at radius 3 is 2.36 bits per heavy atom. The Kier molecular flexibility index (Phi) is 4.98. The van der Waals surface area contributed by atoms with Gasteiger partial charge in [-0.1, -0.05) is 0 Å². The van der Waals surface area contributed by atoms with E-state index in [1.54, 1.807) is 4.90 Å². The maximum atomic E-state index is 13.5. The molecule has 0 bridgehead atoms. The monoisotopic (exact) mass is 380 g/mol. The summed E-state index contributed by atoms with van der Waals surface area (Å²) in [5.74, 6) is -1.00. The first-order chi connectivity index (χ1) is 11.7. The molecule has 1 unspecified atom stereocenters. The number of nitrogens with zero attached hydrogens (tertiary/aromatic N) is 2. The molecule has 4 nitrogen and oxygen atoms in total. The second-order valence-electron chi connectivity index (χ2n) is 6.55. The molecule has 2 aliphatic rings. The fourth-order valence-electron chi connectivity index (χ4n) is 3.67. The number of halogens is 4. The van der Waals surface area contributed by atoms with Gasteiger partial charge < -0.3 is 4.90 Å². The summed E-state index contributed by atoms with van der Waals surface area (Å²) in [5.41, 5.74) is -5.53. The van der Waals surface area contributed by atoms with Crippen molar-refractivity contribution in [1.29, 1.82) is 0 Å². The summed E-state index contributed by atoms with van der Waals surface area (Å²) in [5, 5.41) is 0. The van der Waals surface area contributed by atoms with E-state index < -0.39 is 26.1 Å². The van der Waals surface area contributed by atoms with Crippen LogP contribution in [-0.2, 0) is 9.84 Å². The molecule has 25 heavy (non-hydrogen) atoms. The van der Waals surface area contributed by atoms with Crippen molar-refractivity contribution in [2.24, 2.45) is 0 Å². The van der Waals surface area contributed by atoms with Gasteiger partial charge in [-0.25, -0.2) is 12.8 Å². The largest absolute Gasteiger partial charge is 0.501 e. The average molecular weight is 380 g/mol. The number of sulfone groups is 1. The van der Waals surface area contributed by atoms with Crippen molar-refractivity contribution in [3.8, 4) is 0 Å². The van der Waals surface area contributed by atoms with Gasteiger partial charge in [-0.3, -0.25) is 4.90 Å². The van der Waals surface area contributed by atoms with Crippen LogP contribution in [0.2, 0.25) is 0 Å². The summed E-state index contributed by atoms with van der Waals surface area (Å²) in [6, 6.07) is 2.80. The third-order valence-corrected chi connectivity index (χ3v) is 6.43. The fourth-order valence-corrected chi connectivity index (χ4v) is 4.66. The van der Waals surface area contributed by atoms with Gasteiger partial charge in [0.15, 0.2) is 0 Å². The van der Waals surface area contributed by atoms with Gasteiger partial charge in [-0.05, 0) is 57.0 Å². The highest BCUT2D eigenvalue weighted by Gasteiger charge is 2.48. The number of rotatable bonds is 3. The van der Waals surface area contributed by atoms with Crippen LogP contribution < -0.4 is 4.90 Å². The van der Waals surface area contributed by atoms with Crippen LogP contribution in [0.5, 0.6) is 0 Å². The van der Waals surface area contributed by atoms with E-state index in [9.17, 15) is 26.0 Å². The molecule has 2 heterocycles. The molecule has 0 aromatic heterocycles. The molecule has 1 aromatic rings. The normalized spacial score (nSPS) is 23.2. The molecule has 0 radical (unpaired) electrons. The summed E-state index contributed by atoms with van der Waals surface area (Å²) >= 11 is 0. The van der Waals surface area contributed by atoms with Crippen molar-refractivity contribution >= 4 is 15.5 Å². The van der Waals surface area contributed by atoms with E-state index >= 15 is 0 Å². The van der Waals surface area contributed by atoms with Gasteiger partial charge in [-0.15, -0.1) is 0 Å². The molecule has 0 spiro atoms. The predicted octanol–water partition coefficient (Wildman–Crippen LogP) is 3.18. The van der Waals surface area contributed by atoms with Crippen LogP contribution in [0.15, 0.2) is 23.1 Å². The molecule has 0 aliphatic carbocycles. The Balaban J connectivity index is 1.94. The highest BCUT2D eigenvalue weighted by Crippen LogP contribution is 2.37. The Morgan fingerprint density at radius 1 is 1.04 bits per heavy atom. The van der Waals surface area contributed by atoms with Gasteiger partial charge in [0, 0.05) is 19.1 Å². The Labute approximate surface area is 144 Å². The number of alkyl halides is 3. The first kappa shape index (κ1) is 18.4. The second kappa shape index (κ2) is 6.75. The molecular weight excluding hydrogens is 360 g/mol. The van der Waals surface area contributed by atoms with Crippen molar-refractivity contribution in [3.63, 3.8) is 0 Å². The number of benzene rings is 1. The lowest BCUT2D eigenvalue weighted by molar-refractivity contribution is -0.0435. The molecule has 3 rings (SSSR count). The minimum absolute atomic E-state index is 0.0670. The minimum atomic E-state index is -5.61. The van der Waals surface area contributed by atoms with Crippen LogP contribution >= 0.6 is 0 Å². The molecular formula is C16H20F4N2O2S. The average Bonchev–Trinajstić information content (AvgIpc) is 3.08. The summed E-state index contributed by atoms with van der Waals surface area (Å²) in [6.07, 6.45) is 3.88. The van der Waals surface area contributed by atoms with E-state index in [0.717, 1.165) is 50.9 Å². The van der Waals surface area contributed by atoms with E-state index in [2.05, 4.69) is 4.90 Å². The summed E-state index contributed by atoms with van der Waals surface area (Å²) < 4.78 is 76.2. The number of piperidine rings is 1. The number of likely N-dealkylation sites (tertiary alicyclic amines) is 1. The molecule has 1 aromatic carbocycles. The Hall–Kier alpha value is -1.35. The quantitative estimate of drug-likeness (QED) is 0.756. The summed E-state index contributed by atoms with van der Waals surface area (Å²) in [6.45, 7) is 2.81. The van der Waals surface area contributed by atoms with Crippen molar-refractivity contribution in [2.45, 2.75) is 42.1 Å². The molecule has 0 amide bonds. The van der Waals surface area contributed by atoms with Gasteiger partial charge in [0.25, 0.3) is 9.84 Å². The van der Waals surface area contributed by atoms with Crippen molar-refractivity contribution in [3.05, 3.63) is 24.0 Å². The summed E-state index contributed by atoms with van der Waals surface area (Å²) in [4.78, 5) is 2.94. The number of hydrogen-bond acceptors (Lipinski definition) is 4. The fraction of sp³-hybridized carbons (Fsp3) is 0.625. The van der Waals surface area contributed by atoms with E-state index in [-0.39, 0.29) is 11.7 Å². The highest BCUT2D eigenvalue weighted by atomic mass is 32.2. The van der Waals surface area contributed by atoms with Crippen LogP contribution in [-0.4, -0.2) is 51.0 Å². The number of anilines is 1. The van der Waals surface area contributed by atoms with Crippen LogP contribution in [0.25, 0.3) is 0 Å². The predicted molar refractivity (Wildman–Crippen MR) is 85.7 cm³/mol. The lowest BCUT2D eigenvalue weighted by Crippen LogP contribution is -2.47. The highest BCUT2D eigenvalue weighted by molar-refractivity contribution is 7.92. The summed E-state index contributed by atoms with van der Waals surface area (Å²) in [7, 11) is -5.61. The zero-order valence-electron chi connectivity index (χ0n) is 13.6. The smallest absolute Gasteiger partial charge is 0.369 e. The third kappa shape index (κ3) is 3.62. The Bertz CT molecular complexity index is 730. The standard InChI is InChI=1S/C16H20F4N2O2S/c17-12-5-6-14(15(10-12)25(23,24)16(18,19)20)22-9-3-4-13(11-22)21-7-1-2-8-21/h5-6,10,13H,1-4,7-9,11H2. The molecule has 2 saturated heterocycles. The van der Waals surface area contributed by atoms with E-state index in [0.29, 0.717) is 19.2 Å². The van der Waals surface area contributed by atoms with Crippen LogP contribution in [0.4, 0.5) is 23.2 Å². The van der Waals surface area contributed by atoms with Gasteiger partial charge in [0.2, 0.25) is 0 Å². The first-order valence-corrected chi connectivity index (χ1v) is 9.78. The molecule has 0 N–H and O–H groups in total. The van der Waals surface area contributed by atoms with Crippen LogP contribution in [0.3, 0.4) is 0 Å². The van der Waals surface area contributed by atoms with Gasteiger partial charge in [0.1, 0.15) is 10.7 Å². The molecule has 140 valence electrons. The zero-order valence-corrected chi connectivity index (χ0v) is 14.4. The topological polar surface area (TPSA) is 40.6 Å². The van der Waals surface area contributed by atoms with Crippen LogP contribution in [0, 0.1) is 5.82 Å². The lowest BCUT2D eigenvalue weighted by atomic mass is 10.0. The molecule has 2 fully saturated rings. The van der Waals surface area contributed by atoms with E-state index in [1.807, 2.05) is 0 Å². The maximum Gasteiger partial charge on any atom is 0.501 e. The molecule has 1 atom stereocenters. The maximum absolute atomic E-state index is 13.5. The van der Waals surface area contributed by atoms with Gasteiger partial charge >= 0.3 is 5.51 Å². The Morgan fingerprint density at radius 2 is 1.72 bits per heavy atom. The second-order valence-corrected chi connectivity index (χ2v) is 8.46. The molecule has 2 aliphatic heterocycles. The zero-order chi connectivity index (χ0) is 18.2. The van der Waals surface area contributed by atoms with Gasteiger partial charge in [0.05, 0.1) is 5.69 Å². The van der Waals surface area contributed by atoms with Crippen molar-refractivity contribution in [1.82, 2.24) is 4.90 Å². The number of hydrogen-bond donors (Lipinski definition) is 0. The lowest BCUT2D eigenvalue weighted by Gasteiger charge is -2.39. The molecule has 9 heteroatoms. The van der Waals surface area contributed by atoms with Crippen molar-refractivity contribution in [2.75, 3.05) is 31.1 Å². The van der Waals surface area contributed by atoms with Crippen molar-refractivity contribution < 1.29 is 26.0 Å². The van der Waals surface area contributed by atoms with Gasteiger partial charge in [-0.2, -0.15) is 13.2 Å². The van der Waals surface area contributed by atoms with Crippen LogP contribution in [0.1, 0.15) is 25.7 Å². The SMILES string of the molecule is O=S(=O)(c1cc(F)ccc1N1CCCC(N2CCCC2)C1)C(F)(F)F.